The molecule has 0 bridgehead atoms. The number of fused-ring (bicyclic) bond motifs is 2. The van der Waals surface area contributed by atoms with Gasteiger partial charge in [-0.1, -0.05) is 97.1 Å². The second-order valence-electron chi connectivity index (χ2n) is 19.6. The van der Waals surface area contributed by atoms with Crippen molar-refractivity contribution in [1.29, 1.82) is 0 Å². The number of nitrogens with one attached hydrogen (secondary N) is 2. The van der Waals surface area contributed by atoms with Crippen LogP contribution < -0.4 is 10.6 Å². The lowest BCUT2D eigenvalue weighted by molar-refractivity contribution is -0.242. The SMILES string of the molecule is CC(CNc1nc(-c2cn3ccnc3c(Cc3ccccc3F)n2)ncc1F)(OP(=O)(O)O)C(F)(F)F.CC(CNc1nc(-c2cn3ccnc3c(Cc3ccccc3F)n2)ncc1F)(OP(=O)(OCc1ccccc1)OCc1ccccc1)C(F)(F)F. The van der Waals surface area contributed by atoms with Gasteiger partial charge in [-0.15, -0.1) is 0 Å². The minimum absolute atomic E-state index is 0.0387. The molecule has 10 rings (SSSR count). The Morgan fingerprint density at radius 2 is 0.898 bits per heavy atom. The smallest absolute Gasteiger partial charge is 0.364 e. The minimum atomic E-state index is -5.56. The predicted octanol–water partition coefficient (Wildman–Crippen LogP) is 12.2. The van der Waals surface area contributed by atoms with Gasteiger partial charge in [0, 0.05) is 50.0 Å². The van der Waals surface area contributed by atoms with Crippen molar-refractivity contribution in [3.05, 3.63) is 216 Å². The van der Waals surface area contributed by atoms with E-state index in [-0.39, 0.29) is 49.1 Å². The van der Waals surface area contributed by atoms with Crippen LogP contribution >= 0.6 is 15.6 Å². The molecular weight excluding hydrogens is 1220 g/mol. The van der Waals surface area contributed by atoms with Crippen LogP contribution in [0.3, 0.4) is 0 Å². The molecule has 2 unspecified atom stereocenters. The lowest BCUT2D eigenvalue weighted by Gasteiger charge is -2.34. The largest absolute Gasteiger partial charge is 0.476 e. The van der Waals surface area contributed by atoms with E-state index in [4.69, 9.17) is 23.4 Å². The molecule has 10 aromatic rings. The highest BCUT2D eigenvalue weighted by atomic mass is 31.2. The monoisotopic (exact) mass is 1270 g/mol. The summed E-state index contributed by atoms with van der Waals surface area (Å²) in [6, 6.07) is 28.8. The maximum Gasteiger partial charge on any atom is 0.476 e. The molecule has 0 radical (unpaired) electrons. The Balaban J connectivity index is 0.000000221. The fourth-order valence-electron chi connectivity index (χ4n) is 8.25. The van der Waals surface area contributed by atoms with E-state index in [2.05, 4.69) is 55.0 Å². The summed E-state index contributed by atoms with van der Waals surface area (Å²) in [7, 11) is -10.5. The summed E-state index contributed by atoms with van der Waals surface area (Å²) >= 11 is 0. The number of anilines is 2. The number of hydrogen-bond donors (Lipinski definition) is 4. The topological polar surface area (TPSA) is 248 Å². The van der Waals surface area contributed by atoms with E-state index >= 15 is 4.39 Å². The van der Waals surface area contributed by atoms with Crippen LogP contribution in [0.15, 0.2) is 159 Å². The van der Waals surface area contributed by atoms with Crippen LogP contribution in [0.5, 0.6) is 0 Å². The van der Waals surface area contributed by atoms with Gasteiger partial charge in [-0.2, -0.15) is 26.3 Å². The zero-order valence-corrected chi connectivity index (χ0v) is 47.5. The summed E-state index contributed by atoms with van der Waals surface area (Å²) in [6.07, 6.45) is 0.257. The second kappa shape index (κ2) is 26.4. The number of alkyl halides is 6. The van der Waals surface area contributed by atoms with Gasteiger partial charge in [-0.3, -0.25) is 18.1 Å². The van der Waals surface area contributed by atoms with Crippen molar-refractivity contribution >= 4 is 38.6 Å². The van der Waals surface area contributed by atoms with Gasteiger partial charge in [0.1, 0.15) is 23.0 Å². The summed E-state index contributed by atoms with van der Waals surface area (Å²) in [6.45, 7) is -2.20. The van der Waals surface area contributed by atoms with E-state index in [1.807, 2.05) is 0 Å². The Labute approximate surface area is 492 Å². The van der Waals surface area contributed by atoms with Crippen molar-refractivity contribution in [2.45, 2.75) is 63.5 Å². The number of benzene rings is 4. The highest BCUT2D eigenvalue weighted by Gasteiger charge is 2.58. The molecule has 2 atom stereocenters. The number of phosphoric acid groups is 2. The number of aromatic nitrogens is 10. The van der Waals surface area contributed by atoms with Gasteiger partial charge < -0.3 is 29.2 Å². The molecular formula is C56H48F10N12O8P2. The molecule has 0 saturated carbocycles. The predicted molar refractivity (Wildman–Crippen MR) is 297 cm³/mol. The molecule has 0 fully saturated rings. The molecule has 0 spiro atoms. The average molecular weight is 1270 g/mol. The van der Waals surface area contributed by atoms with Gasteiger partial charge in [0.25, 0.3) is 0 Å². The first-order valence-electron chi connectivity index (χ1n) is 25.9. The fourth-order valence-corrected chi connectivity index (χ4v) is 10.4. The zero-order chi connectivity index (χ0) is 63.1. The van der Waals surface area contributed by atoms with Crippen molar-refractivity contribution in [2.24, 2.45) is 0 Å². The number of phosphoric ester groups is 2. The van der Waals surface area contributed by atoms with Gasteiger partial charge in [0.2, 0.25) is 0 Å². The molecule has 88 heavy (non-hydrogen) atoms. The first-order chi connectivity index (χ1) is 41.7. The Bertz CT molecular complexity index is 4120. The van der Waals surface area contributed by atoms with Gasteiger partial charge >= 0.3 is 28.0 Å². The van der Waals surface area contributed by atoms with Gasteiger partial charge in [-0.05, 0) is 48.2 Å². The van der Waals surface area contributed by atoms with Gasteiger partial charge in [0.05, 0.1) is 50.1 Å². The van der Waals surface area contributed by atoms with Crippen LogP contribution in [-0.2, 0) is 53.3 Å². The molecule has 6 heterocycles. The van der Waals surface area contributed by atoms with E-state index in [0.717, 1.165) is 6.20 Å². The lowest BCUT2D eigenvalue weighted by Crippen LogP contribution is -2.50. The van der Waals surface area contributed by atoms with E-state index in [0.29, 0.717) is 65.0 Å². The first kappa shape index (κ1) is 63.9. The Kier molecular flexibility index (Phi) is 19.2. The number of hydrogen-bond acceptors (Lipinski definition) is 16. The molecule has 0 aliphatic carbocycles. The Hall–Kier alpha value is -8.60. The summed E-state index contributed by atoms with van der Waals surface area (Å²) in [5.41, 5.74) is -3.24. The molecule has 0 aliphatic rings. The van der Waals surface area contributed by atoms with Crippen LogP contribution in [0.1, 0.15) is 47.5 Å². The molecule has 4 aromatic carbocycles. The molecule has 32 heteroatoms. The highest BCUT2D eigenvalue weighted by Crippen LogP contribution is 2.57. The van der Waals surface area contributed by atoms with Crippen LogP contribution in [0.4, 0.5) is 55.5 Å². The van der Waals surface area contributed by atoms with E-state index < -0.39 is 87.2 Å². The quantitative estimate of drug-likeness (QED) is 0.0364. The minimum Gasteiger partial charge on any atom is -0.364 e. The normalized spacial score (nSPS) is 13.6. The van der Waals surface area contributed by atoms with Crippen molar-refractivity contribution < 1.29 is 80.9 Å². The number of imidazole rings is 2. The molecule has 4 N–H and O–H groups in total. The average Bonchev–Trinajstić information content (AvgIpc) is 2.36. The number of nitrogens with zero attached hydrogens (tertiary/aromatic N) is 10. The lowest BCUT2D eigenvalue weighted by atomic mass is 10.1. The standard InChI is InChI=1S/C35H30F5N6O4P.C21H18F5N6O4P/c1-34(35(38,39)40,50-51(47,48-21-24-10-4-2-5-11-24)49-22-25-12-6-3-7-13-25)23-43-31-28(37)19-42-32(45-31)30-20-46-17-16-41-33(46)29(44-30)18-26-14-8-9-15-27(26)36;1-20(21(24,25)26,36-37(33,34)35)11-29-17-14(23)9-28-18(31-17)16-10-32-7-6-27-19(32)15(30-16)8-12-4-2-3-5-13(12)22/h2-17,19-20H,18,21-23H2,1H3,(H,42,43,45);2-7,9-10H,8,11H2,1H3,(H,28,29,31)(H2,33,34,35). The van der Waals surface area contributed by atoms with Crippen LogP contribution in [0, 0.1) is 23.3 Å². The molecule has 0 amide bonds. The molecule has 460 valence electrons. The Morgan fingerprint density at radius 3 is 1.28 bits per heavy atom. The number of rotatable bonds is 22. The van der Waals surface area contributed by atoms with Crippen LogP contribution in [0.2, 0.25) is 0 Å². The van der Waals surface area contributed by atoms with Gasteiger partial charge in [-0.25, -0.2) is 66.6 Å². The molecule has 20 nitrogen and oxygen atoms in total. The summed E-state index contributed by atoms with van der Waals surface area (Å²) in [5, 5.41) is 4.41. The third kappa shape index (κ3) is 15.7. The second-order valence-corrected chi connectivity index (χ2v) is 22.3. The summed E-state index contributed by atoms with van der Waals surface area (Å²) < 4.78 is 191. The Morgan fingerprint density at radius 1 is 0.511 bits per heavy atom. The third-order valence-corrected chi connectivity index (χ3v) is 15.1. The molecule has 0 saturated heterocycles. The molecule has 6 aromatic heterocycles. The van der Waals surface area contributed by atoms with Crippen LogP contribution in [-0.4, -0.2) is 95.1 Å². The van der Waals surface area contributed by atoms with E-state index in [9.17, 15) is 48.6 Å². The van der Waals surface area contributed by atoms with Crippen molar-refractivity contribution in [1.82, 2.24) is 48.7 Å². The van der Waals surface area contributed by atoms with Gasteiger partial charge in [0.15, 0.2) is 57.4 Å². The maximum absolute atomic E-state index is 15.0. The molecule has 0 aliphatic heterocycles. The van der Waals surface area contributed by atoms with Crippen LogP contribution in [0.25, 0.3) is 34.3 Å². The van der Waals surface area contributed by atoms with Crippen molar-refractivity contribution in [3.8, 4) is 23.0 Å². The number of halogens is 10. The van der Waals surface area contributed by atoms with E-state index in [1.54, 1.807) is 112 Å². The fraction of sp³-hybridized carbons (Fsp3) is 0.214. The van der Waals surface area contributed by atoms with Crippen molar-refractivity contribution in [2.75, 3.05) is 23.7 Å². The zero-order valence-electron chi connectivity index (χ0n) is 45.7. The van der Waals surface area contributed by atoms with Crippen molar-refractivity contribution in [3.63, 3.8) is 0 Å². The first-order valence-corrected chi connectivity index (χ1v) is 28.9. The maximum atomic E-state index is 15.0. The highest BCUT2D eigenvalue weighted by molar-refractivity contribution is 7.48. The summed E-state index contributed by atoms with van der Waals surface area (Å²) in [5.74, 6) is -4.79. The summed E-state index contributed by atoms with van der Waals surface area (Å²) in [4.78, 5) is 51.1. The third-order valence-electron chi connectivity index (χ3n) is 12.9. The van der Waals surface area contributed by atoms with E-state index in [1.165, 1.54) is 43.0 Å².